The number of nitrogens with two attached hydrogens (primary N) is 1. The number of anilines is 1. The standard InChI is InChI=1S/C13H16Cl3N3O3/c1-5(2)6(3)18-7(20)4-22-13(21)11-8(14)10(17)9(15)12(16)19-11/h5-6H,4H2,1-3H3,(H2,17,19)(H,18,20)/t6-/m1/s1. The third-order valence-corrected chi connectivity index (χ3v) is 4.12. The van der Waals surface area contributed by atoms with Gasteiger partial charge in [-0.1, -0.05) is 48.7 Å². The lowest BCUT2D eigenvalue weighted by Gasteiger charge is -2.17. The highest BCUT2D eigenvalue weighted by Gasteiger charge is 2.22. The van der Waals surface area contributed by atoms with Crippen LogP contribution in [0.1, 0.15) is 31.3 Å². The fourth-order valence-corrected chi connectivity index (χ4v) is 1.91. The predicted molar refractivity (Wildman–Crippen MR) is 86.4 cm³/mol. The van der Waals surface area contributed by atoms with E-state index in [1.807, 2.05) is 20.8 Å². The number of carbonyl (C=O) groups is 2. The van der Waals surface area contributed by atoms with Crippen LogP contribution in [0.5, 0.6) is 0 Å². The number of nitrogens with zero attached hydrogens (tertiary/aromatic N) is 1. The van der Waals surface area contributed by atoms with Gasteiger partial charge in [0.2, 0.25) is 0 Å². The zero-order valence-corrected chi connectivity index (χ0v) is 14.5. The van der Waals surface area contributed by atoms with Gasteiger partial charge in [-0.2, -0.15) is 0 Å². The van der Waals surface area contributed by atoms with E-state index in [2.05, 4.69) is 10.3 Å². The molecule has 0 unspecified atom stereocenters. The van der Waals surface area contributed by atoms with Gasteiger partial charge in [-0.05, 0) is 12.8 Å². The number of amides is 1. The number of rotatable bonds is 5. The molecule has 0 spiro atoms. The number of carbonyl (C=O) groups excluding carboxylic acids is 2. The largest absolute Gasteiger partial charge is 0.451 e. The summed E-state index contributed by atoms with van der Waals surface area (Å²) in [5.41, 5.74) is 5.23. The van der Waals surface area contributed by atoms with Gasteiger partial charge in [0.1, 0.15) is 5.02 Å². The molecular weight excluding hydrogens is 353 g/mol. The topological polar surface area (TPSA) is 94.3 Å². The van der Waals surface area contributed by atoms with Crippen LogP contribution in [-0.2, 0) is 9.53 Å². The average Bonchev–Trinajstić information content (AvgIpc) is 2.46. The molecule has 22 heavy (non-hydrogen) atoms. The lowest BCUT2D eigenvalue weighted by atomic mass is 10.1. The van der Waals surface area contributed by atoms with Gasteiger partial charge in [0.05, 0.1) is 10.7 Å². The van der Waals surface area contributed by atoms with E-state index in [-0.39, 0.29) is 38.5 Å². The minimum absolute atomic E-state index is 0.0477. The second-order valence-electron chi connectivity index (χ2n) is 4.97. The van der Waals surface area contributed by atoms with Gasteiger partial charge >= 0.3 is 5.97 Å². The molecule has 1 aromatic rings. The van der Waals surface area contributed by atoms with Crippen molar-refractivity contribution in [3.63, 3.8) is 0 Å². The van der Waals surface area contributed by atoms with Crippen LogP contribution in [-0.4, -0.2) is 29.5 Å². The summed E-state index contributed by atoms with van der Waals surface area (Å²) >= 11 is 17.4. The molecule has 0 fully saturated rings. The fraction of sp³-hybridized carbons (Fsp3) is 0.462. The number of halogens is 3. The van der Waals surface area contributed by atoms with Crippen molar-refractivity contribution in [3.05, 3.63) is 20.9 Å². The first kappa shape index (κ1) is 18.8. The molecule has 0 radical (unpaired) electrons. The number of hydrogen-bond donors (Lipinski definition) is 2. The van der Waals surface area contributed by atoms with E-state index in [0.717, 1.165) is 0 Å². The number of hydrogen-bond acceptors (Lipinski definition) is 5. The van der Waals surface area contributed by atoms with Crippen molar-refractivity contribution in [1.29, 1.82) is 0 Å². The Morgan fingerprint density at radius 1 is 1.23 bits per heavy atom. The number of nitrogen functional groups attached to an aromatic ring is 1. The molecule has 1 amide bonds. The Bertz CT molecular complexity index is 594. The van der Waals surface area contributed by atoms with Gasteiger partial charge in [-0.15, -0.1) is 0 Å². The highest BCUT2D eigenvalue weighted by molar-refractivity contribution is 6.46. The lowest BCUT2D eigenvalue weighted by molar-refractivity contribution is -0.125. The van der Waals surface area contributed by atoms with E-state index in [0.29, 0.717) is 0 Å². The fourth-order valence-electron chi connectivity index (χ4n) is 1.33. The normalized spacial score (nSPS) is 12.1. The summed E-state index contributed by atoms with van der Waals surface area (Å²) in [5.74, 6) is -1.09. The molecule has 1 rings (SSSR count). The summed E-state index contributed by atoms with van der Waals surface area (Å²) in [4.78, 5) is 27.3. The molecule has 1 atom stereocenters. The first-order chi connectivity index (χ1) is 10.1. The SMILES string of the molecule is CC(C)[C@@H](C)NC(=O)COC(=O)c1nc(Cl)c(Cl)c(N)c1Cl. The Balaban J connectivity index is 2.73. The van der Waals surface area contributed by atoms with Gasteiger partial charge in [0, 0.05) is 6.04 Å². The summed E-state index contributed by atoms with van der Waals surface area (Å²) in [5, 5.41) is 2.30. The van der Waals surface area contributed by atoms with Crippen molar-refractivity contribution in [3.8, 4) is 0 Å². The number of ether oxygens (including phenoxy) is 1. The monoisotopic (exact) mass is 367 g/mol. The molecule has 6 nitrogen and oxygen atoms in total. The molecule has 1 aromatic heterocycles. The number of pyridine rings is 1. The van der Waals surface area contributed by atoms with Crippen molar-refractivity contribution in [2.75, 3.05) is 12.3 Å². The predicted octanol–water partition coefficient (Wildman–Crippen LogP) is 2.94. The van der Waals surface area contributed by atoms with Crippen LogP contribution >= 0.6 is 34.8 Å². The number of esters is 1. The first-order valence-electron chi connectivity index (χ1n) is 6.41. The zero-order valence-electron chi connectivity index (χ0n) is 12.2. The molecule has 0 aromatic carbocycles. The smallest absolute Gasteiger partial charge is 0.359 e. The summed E-state index contributed by atoms with van der Waals surface area (Å²) in [6, 6.07) is -0.0477. The van der Waals surface area contributed by atoms with E-state index in [1.54, 1.807) is 0 Å². The second-order valence-corrected chi connectivity index (χ2v) is 6.08. The Kier molecular flexibility index (Phi) is 6.71. The Morgan fingerprint density at radius 3 is 2.36 bits per heavy atom. The molecular formula is C13H16Cl3N3O3. The summed E-state index contributed by atoms with van der Waals surface area (Å²) in [7, 11) is 0. The molecule has 0 bridgehead atoms. The zero-order chi connectivity index (χ0) is 17.0. The molecule has 3 N–H and O–H groups in total. The van der Waals surface area contributed by atoms with E-state index < -0.39 is 18.5 Å². The van der Waals surface area contributed by atoms with Gasteiger partial charge in [0.15, 0.2) is 17.5 Å². The molecule has 1 heterocycles. The Morgan fingerprint density at radius 2 is 1.82 bits per heavy atom. The molecule has 122 valence electrons. The highest BCUT2D eigenvalue weighted by atomic mass is 35.5. The van der Waals surface area contributed by atoms with Gasteiger partial charge in [-0.3, -0.25) is 4.79 Å². The van der Waals surface area contributed by atoms with Crippen molar-refractivity contribution < 1.29 is 14.3 Å². The van der Waals surface area contributed by atoms with Crippen LogP contribution in [0.2, 0.25) is 15.2 Å². The van der Waals surface area contributed by atoms with Crippen LogP contribution in [0.3, 0.4) is 0 Å². The van der Waals surface area contributed by atoms with E-state index in [4.69, 9.17) is 45.3 Å². The van der Waals surface area contributed by atoms with Gasteiger partial charge < -0.3 is 15.8 Å². The average molecular weight is 369 g/mol. The third kappa shape index (κ3) is 4.63. The minimum Gasteiger partial charge on any atom is -0.451 e. The van der Waals surface area contributed by atoms with E-state index in [9.17, 15) is 9.59 Å². The summed E-state index contributed by atoms with van der Waals surface area (Å²) < 4.78 is 4.85. The van der Waals surface area contributed by atoms with Crippen LogP contribution in [0.4, 0.5) is 5.69 Å². The second kappa shape index (κ2) is 7.85. The van der Waals surface area contributed by atoms with Crippen molar-refractivity contribution in [2.24, 2.45) is 5.92 Å². The molecule has 0 saturated carbocycles. The van der Waals surface area contributed by atoms with Crippen molar-refractivity contribution in [1.82, 2.24) is 10.3 Å². The molecule has 0 aliphatic heterocycles. The van der Waals surface area contributed by atoms with Crippen LogP contribution < -0.4 is 11.1 Å². The minimum atomic E-state index is -0.914. The number of aromatic nitrogens is 1. The first-order valence-corrected chi connectivity index (χ1v) is 7.55. The van der Waals surface area contributed by atoms with Crippen LogP contribution in [0.15, 0.2) is 0 Å². The third-order valence-electron chi connectivity index (χ3n) is 2.99. The Labute approximate surface area is 143 Å². The van der Waals surface area contributed by atoms with E-state index >= 15 is 0 Å². The van der Waals surface area contributed by atoms with Gasteiger partial charge in [0.25, 0.3) is 5.91 Å². The lowest BCUT2D eigenvalue weighted by Crippen LogP contribution is -2.38. The van der Waals surface area contributed by atoms with Crippen molar-refractivity contribution >= 4 is 52.4 Å². The van der Waals surface area contributed by atoms with Crippen molar-refractivity contribution in [2.45, 2.75) is 26.8 Å². The maximum Gasteiger partial charge on any atom is 0.359 e. The summed E-state index contributed by atoms with van der Waals surface area (Å²) in [6.07, 6.45) is 0. The van der Waals surface area contributed by atoms with Gasteiger partial charge in [-0.25, -0.2) is 9.78 Å². The maximum absolute atomic E-state index is 11.9. The molecule has 0 saturated heterocycles. The van der Waals surface area contributed by atoms with Crippen LogP contribution in [0.25, 0.3) is 0 Å². The van der Waals surface area contributed by atoms with Crippen LogP contribution in [0, 0.1) is 5.92 Å². The highest BCUT2D eigenvalue weighted by Crippen LogP contribution is 2.34. The molecule has 9 heteroatoms. The molecule has 0 aliphatic rings. The molecule has 0 aliphatic carbocycles. The maximum atomic E-state index is 11.9. The Hall–Kier alpha value is -1.24. The summed E-state index contributed by atoms with van der Waals surface area (Å²) in [6.45, 7) is 5.30. The van der Waals surface area contributed by atoms with E-state index in [1.165, 1.54) is 0 Å². The quantitative estimate of drug-likeness (QED) is 0.615. The number of nitrogens with one attached hydrogen (secondary N) is 1.